The summed E-state index contributed by atoms with van der Waals surface area (Å²) in [6, 6.07) is 4.04. The summed E-state index contributed by atoms with van der Waals surface area (Å²) in [5.41, 5.74) is 0.964. The molecule has 0 radical (unpaired) electrons. The van der Waals surface area contributed by atoms with Crippen LogP contribution in [0.4, 0.5) is 0 Å². The van der Waals surface area contributed by atoms with Crippen LogP contribution < -0.4 is 0 Å². The highest BCUT2D eigenvalue weighted by Crippen LogP contribution is 2.30. The highest BCUT2D eigenvalue weighted by atomic mass is 32.2. The fraction of sp³-hybridized carbons (Fsp3) is 0.500. The van der Waals surface area contributed by atoms with E-state index in [4.69, 9.17) is 4.42 Å². The first kappa shape index (κ1) is 16.8. The summed E-state index contributed by atoms with van der Waals surface area (Å²) in [6.07, 6.45) is 7.79. The van der Waals surface area contributed by atoms with Gasteiger partial charge in [0.05, 0.1) is 10.6 Å². The molecule has 0 amide bonds. The summed E-state index contributed by atoms with van der Waals surface area (Å²) in [5.74, 6) is 4.18. The standard InChI is InChI=1S/C18H22N4OS2/c1-12-14(19-17(23-12)15-7-4-10-24-15)11-25-18-20-16(21-22-18)9-8-13-5-2-3-6-13/h4,7,10,13H,2-3,5-6,8-9,11H2,1H3,(H,20,21,22). The number of nitrogens with zero attached hydrogens (tertiary/aromatic N) is 3. The number of aromatic amines is 1. The predicted octanol–water partition coefficient (Wildman–Crippen LogP) is 5.24. The van der Waals surface area contributed by atoms with Crippen molar-refractivity contribution in [3.8, 4) is 10.8 Å². The van der Waals surface area contributed by atoms with E-state index in [0.717, 1.165) is 45.4 Å². The Morgan fingerprint density at radius 1 is 1.32 bits per heavy atom. The minimum Gasteiger partial charge on any atom is -0.440 e. The van der Waals surface area contributed by atoms with Crippen molar-refractivity contribution in [2.45, 2.75) is 56.4 Å². The molecule has 0 atom stereocenters. The molecule has 3 aromatic heterocycles. The van der Waals surface area contributed by atoms with Gasteiger partial charge in [0.15, 0.2) is 0 Å². The molecule has 1 N–H and O–H groups in total. The number of aryl methyl sites for hydroxylation is 2. The van der Waals surface area contributed by atoms with Crippen LogP contribution in [0.2, 0.25) is 0 Å². The average molecular weight is 375 g/mol. The second-order valence-corrected chi connectivity index (χ2v) is 8.43. The molecular weight excluding hydrogens is 352 g/mol. The molecule has 0 aromatic carbocycles. The molecule has 0 aliphatic heterocycles. The van der Waals surface area contributed by atoms with Crippen LogP contribution in [0.15, 0.2) is 27.1 Å². The molecule has 132 valence electrons. The maximum Gasteiger partial charge on any atom is 0.236 e. The van der Waals surface area contributed by atoms with Crippen molar-refractivity contribution in [1.82, 2.24) is 20.2 Å². The normalized spacial score (nSPS) is 15.2. The van der Waals surface area contributed by atoms with Gasteiger partial charge in [0.2, 0.25) is 11.0 Å². The number of aromatic nitrogens is 4. The summed E-state index contributed by atoms with van der Waals surface area (Å²) in [7, 11) is 0. The fourth-order valence-corrected chi connectivity index (χ4v) is 4.76. The number of rotatable bonds is 7. The van der Waals surface area contributed by atoms with Gasteiger partial charge in [-0.15, -0.1) is 16.4 Å². The fourth-order valence-electron chi connectivity index (χ4n) is 3.29. The third-order valence-electron chi connectivity index (χ3n) is 4.74. The number of hydrogen-bond donors (Lipinski definition) is 1. The van der Waals surface area contributed by atoms with E-state index in [1.165, 1.54) is 32.1 Å². The van der Waals surface area contributed by atoms with Gasteiger partial charge in [0, 0.05) is 12.2 Å². The smallest absolute Gasteiger partial charge is 0.236 e. The predicted molar refractivity (Wildman–Crippen MR) is 101 cm³/mol. The van der Waals surface area contributed by atoms with E-state index >= 15 is 0 Å². The largest absolute Gasteiger partial charge is 0.440 e. The first-order valence-corrected chi connectivity index (χ1v) is 10.7. The number of thiophene rings is 1. The molecule has 0 saturated heterocycles. The average Bonchev–Trinajstić information content (AvgIpc) is 3.38. The molecule has 1 saturated carbocycles. The quantitative estimate of drug-likeness (QED) is 0.572. The SMILES string of the molecule is Cc1oc(-c2cccs2)nc1CSc1n[nH]c(CCC2CCCC2)n1. The topological polar surface area (TPSA) is 67.6 Å². The van der Waals surface area contributed by atoms with Crippen LogP contribution in [0, 0.1) is 12.8 Å². The Morgan fingerprint density at radius 2 is 2.20 bits per heavy atom. The van der Waals surface area contributed by atoms with Crippen molar-refractivity contribution in [3.63, 3.8) is 0 Å². The van der Waals surface area contributed by atoms with Gasteiger partial charge in [0.1, 0.15) is 11.6 Å². The van der Waals surface area contributed by atoms with E-state index in [2.05, 4.69) is 20.2 Å². The third-order valence-corrected chi connectivity index (χ3v) is 6.45. The van der Waals surface area contributed by atoms with Gasteiger partial charge in [-0.2, -0.15) is 0 Å². The zero-order valence-electron chi connectivity index (χ0n) is 14.3. The van der Waals surface area contributed by atoms with Gasteiger partial charge in [-0.05, 0) is 30.7 Å². The molecule has 0 spiro atoms. The zero-order chi connectivity index (χ0) is 17.1. The summed E-state index contributed by atoms with van der Waals surface area (Å²) >= 11 is 3.24. The Bertz CT molecular complexity index is 803. The molecule has 4 rings (SSSR count). The molecule has 1 aliphatic rings. The van der Waals surface area contributed by atoms with Gasteiger partial charge in [0.25, 0.3) is 0 Å². The van der Waals surface area contributed by atoms with E-state index in [1.54, 1.807) is 23.1 Å². The van der Waals surface area contributed by atoms with Crippen molar-refractivity contribution >= 4 is 23.1 Å². The maximum absolute atomic E-state index is 5.79. The van der Waals surface area contributed by atoms with Crippen LogP contribution in [-0.2, 0) is 12.2 Å². The third kappa shape index (κ3) is 4.15. The number of nitrogens with one attached hydrogen (secondary N) is 1. The first-order valence-electron chi connectivity index (χ1n) is 8.82. The van der Waals surface area contributed by atoms with Crippen LogP contribution in [0.5, 0.6) is 0 Å². The van der Waals surface area contributed by atoms with Crippen LogP contribution >= 0.6 is 23.1 Å². The Labute approximate surface area is 155 Å². The van der Waals surface area contributed by atoms with Gasteiger partial charge in [-0.1, -0.05) is 43.5 Å². The number of H-pyrrole nitrogens is 1. The lowest BCUT2D eigenvalue weighted by atomic mass is 10.0. The minimum atomic E-state index is 0.704. The monoisotopic (exact) mass is 374 g/mol. The maximum atomic E-state index is 5.79. The van der Waals surface area contributed by atoms with Crippen molar-refractivity contribution in [1.29, 1.82) is 0 Å². The van der Waals surface area contributed by atoms with Crippen LogP contribution in [0.3, 0.4) is 0 Å². The number of thioether (sulfide) groups is 1. The Morgan fingerprint density at radius 3 is 3.00 bits per heavy atom. The second kappa shape index (κ2) is 7.74. The lowest BCUT2D eigenvalue weighted by molar-refractivity contribution is 0.497. The highest BCUT2D eigenvalue weighted by molar-refractivity contribution is 7.98. The van der Waals surface area contributed by atoms with Gasteiger partial charge >= 0.3 is 0 Å². The Hall–Kier alpha value is -1.60. The molecule has 0 unspecified atom stereocenters. The van der Waals surface area contributed by atoms with Crippen molar-refractivity contribution in [3.05, 3.63) is 34.8 Å². The number of hydrogen-bond acceptors (Lipinski definition) is 6. The summed E-state index contributed by atoms with van der Waals surface area (Å²) in [4.78, 5) is 10.3. The van der Waals surface area contributed by atoms with E-state index in [0.29, 0.717) is 5.89 Å². The lowest BCUT2D eigenvalue weighted by Gasteiger charge is -2.05. The molecule has 5 nitrogen and oxygen atoms in total. The summed E-state index contributed by atoms with van der Waals surface area (Å²) in [6.45, 7) is 1.96. The lowest BCUT2D eigenvalue weighted by Crippen LogP contribution is -1.97. The van der Waals surface area contributed by atoms with Crippen LogP contribution in [0.25, 0.3) is 10.8 Å². The van der Waals surface area contributed by atoms with E-state index in [-0.39, 0.29) is 0 Å². The molecule has 3 heterocycles. The van der Waals surface area contributed by atoms with Crippen molar-refractivity contribution < 1.29 is 4.42 Å². The summed E-state index contributed by atoms with van der Waals surface area (Å²) in [5, 5.41) is 10.2. The zero-order valence-corrected chi connectivity index (χ0v) is 16.0. The molecule has 0 bridgehead atoms. The highest BCUT2D eigenvalue weighted by Gasteiger charge is 2.16. The first-order chi connectivity index (χ1) is 12.3. The van der Waals surface area contributed by atoms with Gasteiger partial charge in [-0.3, -0.25) is 5.10 Å². The molecule has 1 aliphatic carbocycles. The van der Waals surface area contributed by atoms with Crippen LogP contribution in [0.1, 0.15) is 49.4 Å². The number of oxazole rings is 1. The van der Waals surface area contributed by atoms with Crippen molar-refractivity contribution in [2.75, 3.05) is 0 Å². The Balaban J connectivity index is 1.32. The van der Waals surface area contributed by atoms with Gasteiger partial charge in [-0.25, -0.2) is 9.97 Å². The van der Waals surface area contributed by atoms with Crippen molar-refractivity contribution in [2.24, 2.45) is 5.92 Å². The van der Waals surface area contributed by atoms with E-state index < -0.39 is 0 Å². The summed E-state index contributed by atoms with van der Waals surface area (Å²) < 4.78 is 5.79. The molecule has 25 heavy (non-hydrogen) atoms. The van der Waals surface area contributed by atoms with E-state index in [1.807, 2.05) is 24.4 Å². The minimum absolute atomic E-state index is 0.704. The van der Waals surface area contributed by atoms with Crippen LogP contribution in [-0.4, -0.2) is 20.2 Å². The second-order valence-electron chi connectivity index (χ2n) is 6.54. The van der Waals surface area contributed by atoms with E-state index in [9.17, 15) is 0 Å². The Kier molecular flexibility index (Phi) is 5.22. The van der Waals surface area contributed by atoms with Gasteiger partial charge < -0.3 is 4.42 Å². The molecule has 7 heteroatoms. The molecule has 1 fully saturated rings. The molecular formula is C18H22N4OS2. The molecule has 3 aromatic rings.